The largest absolute Gasteiger partial charge is 0.497 e. The Labute approximate surface area is 184 Å². The molecule has 12 heteroatoms. The molecule has 2 aromatic rings. The summed E-state index contributed by atoms with van der Waals surface area (Å²) in [6.45, 7) is 1.82. The van der Waals surface area contributed by atoms with E-state index in [0.29, 0.717) is 17.9 Å². The van der Waals surface area contributed by atoms with Crippen LogP contribution in [-0.4, -0.2) is 60.8 Å². The molecule has 166 valence electrons. The molecule has 2 aliphatic rings. The topological polar surface area (TPSA) is 114 Å². The number of carbonyl (C=O) groups is 2. The number of halogens is 1. The first kappa shape index (κ1) is 21.6. The maximum Gasteiger partial charge on any atom is 0.332 e. The smallest absolute Gasteiger partial charge is 0.332 e. The number of sulfonamides is 1. The van der Waals surface area contributed by atoms with Crippen molar-refractivity contribution in [2.45, 2.75) is 36.7 Å². The van der Waals surface area contributed by atoms with Crippen molar-refractivity contribution in [2.24, 2.45) is 7.05 Å². The van der Waals surface area contributed by atoms with Crippen molar-refractivity contribution in [3.63, 3.8) is 0 Å². The number of urea groups is 1. The van der Waals surface area contributed by atoms with Gasteiger partial charge in [0.2, 0.25) is 10.0 Å². The van der Waals surface area contributed by atoms with Crippen LogP contribution in [0.15, 0.2) is 29.2 Å². The number of nitrogens with one attached hydrogen (secondary N) is 1. The maximum absolute atomic E-state index is 13.1. The first-order valence-corrected chi connectivity index (χ1v) is 11.5. The Bertz CT molecular complexity index is 1160. The van der Waals surface area contributed by atoms with E-state index < -0.39 is 34.0 Å². The summed E-state index contributed by atoms with van der Waals surface area (Å²) in [6, 6.07) is 5.00. The number of piperidine rings is 1. The molecular weight excluding hydrogens is 446 g/mol. The lowest BCUT2D eigenvalue weighted by Gasteiger charge is -2.32. The van der Waals surface area contributed by atoms with Crippen molar-refractivity contribution in [3.8, 4) is 5.75 Å². The highest BCUT2D eigenvalue weighted by atomic mass is 35.5. The fourth-order valence-corrected chi connectivity index (χ4v) is 6.12. The van der Waals surface area contributed by atoms with Gasteiger partial charge in [-0.1, -0.05) is 17.7 Å². The Kier molecular flexibility index (Phi) is 5.44. The van der Waals surface area contributed by atoms with E-state index in [1.54, 1.807) is 38.2 Å². The van der Waals surface area contributed by atoms with E-state index in [4.69, 9.17) is 16.3 Å². The van der Waals surface area contributed by atoms with Crippen molar-refractivity contribution in [3.05, 3.63) is 35.1 Å². The van der Waals surface area contributed by atoms with Crippen LogP contribution in [0.5, 0.6) is 5.75 Å². The highest BCUT2D eigenvalue weighted by Crippen LogP contribution is 2.33. The van der Waals surface area contributed by atoms with E-state index in [1.165, 1.54) is 16.7 Å². The van der Waals surface area contributed by atoms with E-state index in [-0.39, 0.29) is 28.7 Å². The third-order valence-corrected chi connectivity index (χ3v) is 7.76. The number of aromatic nitrogens is 2. The normalized spacial score (nSPS) is 21.5. The number of anilines is 1. The molecule has 3 heterocycles. The molecule has 1 N–H and O–H groups in total. The Morgan fingerprint density at radius 1 is 1.29 bits per heavy atom. The summed E-state index contributed by atoms with van der Waals surface area (Å²) in [6.07, 6.45) is 0.541. The minimum Gasteiger partial charge on any atom is -0.497 e. The van der Waals surface area contributed by atoms with Gasteiger partial charge in [0.25, 0.3) is 5.91 Å². The van der Waals surface area contributed by atoms with Crippen LogP contribution >= 0.6 is 11.6 Å². The summed E-state index contributed by atoms with van der Waals surface area (Å²) in [5.74, 6) is 0.134. The summed E-state index contributed by atoms with van der Waals surface area (Å²) >= 11 is 6.12. The lowest BCUT2D eigenvalue weighted by atomic mass is 9.99. The van der Waals surface area contributed by atoms with Gasteiger partial charge >= 0.3 is 6.03 Å². The predicted octanol–water partition coefficient (Wildman–Crippen LogP) is 1.67. The van der Waals surface area contributed by atoms with Crippen LogP contribution in [-0.2, 0) is 21.9 Å². The molecular formula is C19H22ClN5O5S. The second kappa shape index (κ2) is 7.81. The minimum absolute atomic E-state index is 0.0127. The second-order valence-corrected chi connectivity index (χ2v) is 9.55. The first-order chi connectivity index (χ1) is 14.6. The standard InChI is InChI=1S/C19H22ClN5O5S/c1-11-16(17(20)23(2)21-11)31(28,29)22-12-7-8-24-15(9-12)18(26)25(19(24)27)13-5-4-6-14(10-13)30-3/h4-6,10,12,15,22H,7-9H2,1-3H3/t12-,15-/m0/s1. The van der Waals surface area contributed by atoms with Gasteiger partial charge in [0.1, 0.15) is 21.8 Å². The highest BCUT2D eigenvalue weighted by Gasteiger charge is 2.49. The molecule has 2 atom stereocenters. The molecule has 1 aromatic heterocycles. The zero-order valence-corrected chi connectivity index (χ0v) is 18.8. The van der Waals surface area contributed by atoms with Crippen molar-refractivity contribution in [1.82, 2.24) is 19.4 Å². The van der Waals surface area contributed by atoms with E-state index in [2.05, 4.69) is 9.82 Å². The van der Waals surface area contributed by atoms with Crippen LogP contribution in [0.1, 0.15) is 18.5 Å². The van der Waals surface area contributed by atoms with Crippen LogP contribution in [0.25, 0.3) is 0 Å². The molecule has 0 bridgehead atoms. The van der Waals surface area contributed by atoms with Gasteiger partial charge in [-0.05, 0) is 31.9 Å². The Morgan fingerprint density at radius 3 is 2.68 bits per heavy atom. The number of aryl methyl sites for hydroxylation is 2. The summed E-state index contributed by atoms with van der Waals surface area (Å²) < 4.78 is 34.9. The van der Waals surface area contributed by atoms with Gasteiger partial charge in [0.05, 0.1) is 18.5 Å². The number of hydrogen-bond acceptors (Lipinski definition) is 6. The average molecular weight is 468 g/mol. The molecule has 10 nitrogen and oxygen atoms in total. The molecule has 2 fully saturated rings. The number of benzene rings is 1. The van der Waals surface area contributed by atoms with Gasteiger partial charge in [0.15, 0.2) is 0 Å². The van der Waals surface area contributed by atoms with E-state index in [0.717, 1.165) is 4.90 Å². The van der Waals surface area contributed by atoms with Gasteiger partial charge in [0, 0.05) is 25.7 Å². The number of hydrogen-bond donors (Lipinski definition) is 1. The number of nitrogens with zero attached hydrogens (tertiary/aromatic N) is 4. The average Bonchev–Trinajstić information content (AvgIpc) is 3.13. The van der Waals surface area contributed by atoms with Gasteiger partial charge in [-0.3, -0.25) is 9.48 Å². The fourth-order valence-electron chi connectivity index (χ4n) is 4.09. The summed E-state index contributed by atoms with van der Waals surface area (Å²) in [4.78, 5) is 28.5. The third-order valence-electron chi connectivity index (χ3n) is 5.55. The Balaban J connectivity index is 1.54. The number of methoxy groups -OCH3 is 1. The molecule has 1 aromatic carbocycles. The molecule has 31 heavy (non-hydrogen) atoms. The Hall–Kier alpha value is -2.63. The molecule has 0 aliphatic carbocycles. The highest BCUT2D eigenvalue weighted by molar-refractivity contribution is 7.89. The number of rotatable bonds is 5. The molecule has 3 amide bonds. The first-order valence-electron chi connectivity index (χ1n) is 9.64. The molecule has 0 spiro atoms. The van der Waals surface area contributed by atoms with Gasteiger partial charge in [-0.25, -0.2) is 22.8 Å². The molecule has 0 radical (unpaired) electrons. The van der Waals surface area contributed by atoms with Gasteiger partial charge < -0.3 is 9.64 Å². The quantitative estimate of drug-likeness (QED) is 0.669. The van der Waals surface area contributed by atoms with Crippen molar-refractivity contribution in [2.75, 3.05) is 18.6 Å². The predicted molar refractivity (Wildman–Crippen MR) is 113 cm³/mol. The summed E-state index contributed by atoms with van der Waals surface area (Å²) in [5, 5.41) is 4.06. The SMILES string of the molecule is COc1cccc(N2C(=O)[C@@H]3C[C@@H](NS(=O)(=O)c4c(C)nn(C)c4Cl)CCN3C2=O)c1. The molecule has 0 saturated carbocycles. The lowest BCUT2D eigenvalue weighted by molar-refractivity contribution is -0.120. The molecule has 0 unspecified atom stereocenters. The molecule has 4 rings (SSSR count). The van der Waals surface area contributed by atoms with Crippen LogP contribution in [0.3, 0.4) is 0 Å². The minimum atomic E-state index is -3.94. The van der Waals surface area contributed by atoms with Crippen molar-refractivity contribution >= 4 is 39.2 Å². The third kappa shape index (κ3) is 3.66. The monoisotopic (exact) mass is 467 g/mol. The zero-order chi connectivity index (χ0) is 22.5. The van der Waals surface area contributed by atoms with E-state index in [1.807, 2.05) is 0 Å². The number of ether oxygens (including phenoxy) is 1. The van der Waals surface area contributed by atoms with E-state index in [9.17, 15) is 18.0 Å². The molecule has 2 aliphatic heterocycles. The van der Waals surface area contributed by atoms with Crippen LogP contribution < -0.4 is 14.4 Å². The van der Waals surface area contributed by atoms with Crippen LogP contribution in [0.2, 0.25) is 5.15 Å². The Morgan fingerprint density at radius 2 is 2.03 bits per heavy atom. The number of amides is 3. The van der Waals surface area contributed by atoms with Crippen molar-refractivity contribution < 1.29 is 22.7 Å². The fraction of sp³-hybridized carbons (Fsp3) is 0.421. The lowest BCUT2D eigenvalue weighted by Crippen LogP contribution is -2.49. The number of fused-ring (bicyclic) bond motifs is 1. The number of imide groups is 1. The second-order valence-electron chi connectivity index (χ2n) is 7.54. The van der Waals surface area contributed by atoms with Crippen LogP contribution in [0, 0.1) is 6.92 Å². The van der Waals surface area contributed by atoms with Crippen LogP contribution in [0.4, 0.5) is 10.5 Å². The van der Waals surface area contributed by atoms with Gasteiger partial charge in [-0.2, -0.15) is 5.10 Å². The van der Waals surface area contributed by atoms with E-state index >= 15 is 0 Å². The molecule has 2 saturated heterocycles. The number of carbonyl (C=O) groups excluding carboxylic acids is 2. The summed E-state index contributed by atoms with van der Waals surface area (Å²) in [7, 11) is -0.884. The maximum atomic E-state index is 13.1. The zero-order valence-electron chi connectivity index (χ0n) is 17.2. The van der Waals surface area contributed by atoms with Gasteiger partial charge in [-0.15, -0.1) is 0 Å². The van der Waals surface area contributed by atoms with Crippen molar-refractivity contribution in [1.29, 1.82) is 0 Å². The summed E-state index contributed by atoms with van der Waals surface area (Å²) in [5.41, 5.74) is 0.701.